The molecule has 2 amide bonds. The summed E-state index contributed by atoms with van der Waals surface area (Å²) in [4.78, 5) is 23.3. The molecule has 1 unspecified atom stereocenters. The average molecular weight is 289 g/mol. The third-order valence-corrected chi connectivity index (χ3v) is 3.69. The van der Waals surface area contributed by atoms with Gasteiger partial charge in [0.1, 0.15) is 0 Å². The standard InChI is InChI=1S/C16H23N3O2/c20-15(10-13-4-2-1-3-5-13)19-12-16(21)18-9-7-14-6-8-17-11-14/h1-5,14,17H,6-12H2,(H,18,21)(H,19,20). The van der Waals surface area contributed by atoms with E-state index in [9.17, 15) is 9.59 Å². The number of benzene rings is 1. The van der Waals surface area contributed by atoms with Crippen molar-refractivity contribution in [2.24, 2.45) is 5.92 Å². The van der Waals surface area contributed by atoms with Crippen molar-refractivity contribution in [2.45, 2.75) is 19.3 Å². The van der Waals surface area contributed by atoms with Crippen LogP contribution in [0.1, 0.15) is 18.4 Å². The van der Waals surface area contributed by atoms with Crippen LogP contribution in [0.5, 0.6) is 0 Å². The van der Waals surface area contributed by atoms with E-state index in [1.54, 1.807) is 0 Å². The van der Waals surface area contributed by atoms with Crippen molar-refractivity contribution >= 4 is 11.8 Å². The Labute approximate surface area is 125 Å². The van der Waals surface area contributed by atoms with Gasteiger partial charge in [0.15, 0.2) is 0 Å². The Hall–Kier alpha value is -1.88. The lowest BCUT2D eigenvalue weighted by Crippen LogP contribution is -2.38. The van der Waals surface area contributed by atoms with E-state index in [4.69, 9.17) is 0 Å². The molecule has 0 aliphatic carbocycles. The first-order valence-electron chi connectivity index (χ1n) is 7.52. The van der Waals surface area contributed by atoms with Crippen LogP contribution >= 0.6 is 0 Å². The maximum absolute atomic E-state index is 11.7. The molecule has 114 valence electrons. The van der Waals surface area contributed by atoms with Gasteiger partial charge in [-0.3, -0.25) is 9.59 Å². The number of carbonyl (C=O) groups is 2. The zero-order chi connectivity index (χ0) is 14.9. The first kappa shape index (κ1) is 15.5. The van der Waals surface area contributed by atoms with E-state index in [-0.39, 0.29) is 18.4 Å². The number of nitrogens with one attached hydrogen (secondary N) is 3. The van der Waals surface area contributed by atoms with Crippen molar-refractivity contribution in [1.29, 1.82) is 0 Å². The maximum Gasteiger partial charge on any atom is 0.239 e. The van der Waals surface area contributed by atoms with Crippen LogP contribution < -0.4 is 16.0 Å². The smallest absolute Gasteiger partial charge is 0.239 e. The number of carbonyl (C=O) groups excluding carboxylic acids is 2. The second-order valence-electron chi connectivity index (χ2n) is 5.44. The Balaban J connectivity index is 1.56. The average Bonchev–Trinajstić information content (AvgIpc) is 2.99. The fourth-order valence-corrected chi connectivity index (χ4v) is 2.46. The van der Waals surface area contributed by atoms with Crippen LogP contribution in [0.15, 0.2) is 30.3 Å². The highest BCUT2D eigenvalue weighted by molar-refractivity contribution is 5.85. The maximum atomic E-state index is 11.7. The van der Waals surface area contributed by atoms with Crippen LogP contribution in [0.3, 0.4) is 0 Å². The van der Waals surface area contributed by atoms with Gasteiger partial charge < -0.3 is 16.0 Å². The fraction of sp³-hybridized carbons (Fsp3) is 0.500. The van der Waals surface area contributed by atoms with Gasteiger partial charge in [0.05, 0.1) is 13.0 Å². The Morgan fingerprint density at radius 3 is 2.67 bits per heavy atom. The molecule has 21 heavy (non-hydrogen) atoms. The molecule has 1 aromatic carbocycles. The summed E-state index contributed by atoms with van der Waals surface area (Å²) in [5.74, 6) is 0.414. The van der Waals surface area contributed by atoms with Crippen LogP contribution in [-0.2, 0) is 16.0 Å². The van der Waals surface area contributed by atoms with Crippen LogP contribution in [0.25, 0.3) is 0 Å². The van der Waals surface area contributed by atoms with Gasteiger partial charge in [-0.05, 0) is 37.4 Å². The third kappa shape index (κ3) is 5.95. The topological polar surface area (TPSA) is 70.2 Å². The Kier molecular flexibility index (Phi) is 6.22. The van der Waals surface area contributed by atoms with E-state index in [2.05, 4.69) is 16.0 Å². The summed E-state index contributed by atoms with van der Waals surface area (Å²) in [7, 11) is 0. The SMILES string of the molecule is O=C(CNC(=O)Cc1ccccc1)NCCC1CCNC1. The first-order chi connectivity index (χ1) is 10.2. The summed E-state index contributed by atoms with van der Waals surface area (Å²) >= 11 is 0. The highest BCUT2D eigenvalue weighted by Crippen LogP contribution is 2.10. The summed E-state index contributed by atoms with van der Waals surface area (Å²) in [6.07, 6.45) is 2.49. The molecule has 1 heterocycles. The molecule has 1 atom stereocenters. The van der Waals surface area contributed by atoms with Crippen molar-refractivity contribution in [1.82, 2.24) is 16.0 Å². The quantitative estimate of drug-likeness (QED) is 0.683. The van der Waals surface area contributed by atoms with Gasteiger partial charge in [0, 0.05) is 6.54 Å². The minimum absolute atomic E-state index is 0.0502. The molecular weight excluding hydrogens is 266 g/mol. The normalized spacial score (nSPS) is 17.4. The second kappa shape index (κ2) is 8.42. The highest BCUT2D eigenvalue weighted by Gasteiger charge is 2.14. The molecule has 0 saturated carbocycles. The lowest BCUT2D eigenvalue weighted by atomic mass is 10.1. The summed E-state index contributed by atoms with van der Waals surface area (Å²) in [5.41, 5.74) is 0.948. The molecule has 1 aliphatic heterocycles. The van der Waals surface area contributed by atoms with Crippen LogP contribution in [-0.4, -0.2) is 38.0 Å². The summed E-state index contributed by atoms with van der Waals surface area (Å²) in [6, 6.07) is 9.50. The van der Waals surface area contributed by atoms with Gasteiger partial charge in [0.2, 0.25) is 11.8 Å². The predicted molar refractivity (Wildman–Crippen MR) is 81.8 cm³/mol. The van der Waals surface area contributed by atoms with Crippen LogP contribution in [0.2, 0.25) is 0 Å². The van der Waals surface area contributed by atoms with Crippen molar-refractivity contribution in [3.05, 3.63) is 35.9 Å². The van der Waals surface area contributed by atoms with Crippen LogP contribution in [0, 0.1) is 5.92 Å². The largest absolute Gasteiger partial charge is 0.355 e. The number of hydrogen-bond donors (Lipinski definition) is 3. The lowest BCUT2D eigenvalue weighted by molar-refractivity contribution is -0.125. The van der Waals surface area contributed by atoms with E-state index < -0.39 is 0 Å². The van der Waals surface area contributed by atoms with Crippen molar-refractivity contribution < 1.29 is 9.59 Å². The third-order valence-electron chi connectivity index (χ3n) is 3.69. The molecule has 1 saturated heterocycles. The van der Waals surface area contributed by atoms with Crippen molar-refractivity contribution in [2.75, 3.05) is 26.2 Å². The molecule has 1 aliphatic rings. The minimum atomic E-state index is -0.128. The molecule has 0 aromatic heterocycles. The van der Waals surface area contributed by atoms with E-state index >= 15 is 0 Å². The highest BCUT2D eigenvalue weighted by atomic mass is 16.2. The molecule has 0 bridgehead atoms. The molecule has 5 heteroatoms. The van der Waals surface area contributed by atoms with E-state index in [0.29, 0.717) is 18.9 Å². The molecule has 1 aromatic rings. The molecule has 0 spiro atoms. The van der Waals surface area contributed by atoms with Crippen molar-refractivity contribution in [3.8, 4) is 0 Å². The molecular formula is C16H23N3O2. The zero-order valence-electron chi connectivity index (χ0n) is 12.2. The Morgan fingerprint density at radius 2 is 1.95 bits per heavy atom. The lowest BCUT2D eigenvalue weighted by Gasteiger charge is -2.10. The number of amides is 2. The molecule has 0 radical (unpaired) electrons. The fourth-order valence-electron chi connectivity index (χ4n) is 2.46. The Bertz CT molecular complexity index is 456. The Morgan fingerprint density at radius 1 is 1.14 bits per heavy atom. The predicted octanol–water partition coefficient (Wildman–Crippen LogP) is 0.461. The molecule has 3 N–H and O–H groups in total. The minimum Gasteiger partial charge on any atom is -0.355 e. The zero-order valence-corrected chi connectivity index (χ0v) is 12.2. The first-order valence-corrected chi connectivity index (χ1v) is 7.52. The van der Waals surface area contributed by atoms with Crippen LogP contribution in [0.4, 0.5) is 0 Å². The van der Waals surface area contributed by atoms with Gasteiger partial charge in [-0.15, -0.1) is 0 Å². The van der Waals surface area contributed by atoms with E-state index in [0.717, 1.165) is 25.1 Å². The van der Waals surface area contributed by atoms with Gasteiger partial charge in [0.25, 0.3) is 0 Å². The van der Waals surface area contributed by atoms with Gasteiger partial charge in [-0.25, -0.2) is 0 Å². The second-order valence-corrected chi connectivity index (χ2v) is 5.44. The summed E-state index contributed by atoms with van der Waals surface area (Å²) in [6.45, 7) is 2.85. The monoisotopic (exact) mass is 289 g/mol. The number of hydrogen-bond acceptors (Lipinski definition) is 3. The van der Waals surface area contributed by atoms with E-state index in [1.807, 2.05) is 30.3 Å². The summed E-state index contributed by atoms with van der Waals surface area (Å²) in [5, 5.41) is 8.80. The van der Waals surface area contributed by atoms with Gasteiger partial charge in [-0.2, -0.15) is 0 Å². The van der Waals surface area contributed by atoms with Gasteiger partial charge in [-0.1, -0.05) is 30.3 Å². The molecule has 2 rings (SSSR count). The van der Waals surface area contributed by atoms with Crippen molar-refractivity contribution in [3.63, 3.8) is 0 Å². The van der Waals surface area contributed by atoms with Gasteiger partial charge >= 0.3 is 0 Å². The number of rotatable bonds is 7. The molecule has 1 fully saturated rings. The van der Waals surface area contributed by atoms with E-state index in [1.165, 1.54) is 6.42 Å². The summed E-state index contributed by atoms with van der Waals surface area (Å²) < 4.78 is 0. The molecule has 5 nitrogen and oxygen atoms in total.